The summed E-state index contributed by atoms with van der Waals surface area (Å²) < 4.78 is 5.80. The average molecular weight is 305 g/mol. The monoisotopic (exact) mass is 305 g/mol. The molecular formula is C17H23NO2S. The Balaban J connectivity index is 2.13. The summed E-state index contributed by atoms with van der Waals surface area (Å²) in [6, 6.07) is 7.99. The Bertz CT molecular complexity index is 599. The summed E-state index contributed by atoms with van der Waals surface area (Å²) in [5, 5.41) is 11.2. The van der Waals surface area contributed by atoms with E-state index in [0.29, 0.717) is 6.61 Å². The predicted molar refractivity (Wildman–Crippen MR) is 86.9 cm³/mol. The minimum atomic E-state index is -0.843. The van der Waals surface area contributed by atoms with Crippen LogP contribution in [0, 0.1) is 6.92 Å². The van der Waals surface area contributed by atoms with Gasteiger partial charge in [0.2, 0.25) is 0 Å². The molecule has 1 heterocycles. The van der Waals surface area contributed by atoms with Gasteiger partial charge >= 0.3 is 0 Å². The van der Waals surface area contributed by atoms with Crippen molar-refractivity contribution in [1.82, 2.24) is 4.98 Å². The fourth-order valence-electron chi connectivity index (χ4n) is 2.20. The molecule has 4 heteroatoms. The first-order valence-corrected chi connectivity index (χ1v) is 8.12. The molecule has 0 aliphatic rings. The van der Waals surface area contributed by atoms with Gasteiger partial charge in [-0.1, -0.05) is 25.5 Å². The molecule has 3 nitrogen and oxygen atoms in total. The van der Waals surface area contributed by atoms with E-state index in [1.54, 1.807) is 11.3 Å². The van der Waals surface area contributed by atoms with Gasteiger partial charge in [-0.15, -0.1) is 11.3 Å². The molecule has 0 fully saturated rings. The SMILES string of the molecule is CCCc1nc(COc2cccc(C)c2)sc1C(C)(C)O. The number of thiazole rings is 1. The summed E-state index contributed by atoms with van der Waals surface area (Å²) in [4.78, 5) is 5.59. The van der Waals surface area contributed by atoms with E-state index < -0.39 is 5.60 Å². The molecule has 1 N–H and O–H groups in total. The van der Waals surface area contributed by atoms with E-state index in [4.69, 9.17) is 4.74 Å². The lowest BCUT2D eigenvalue weighted by Gasteiger charge is -2.16. The average Bonchev–Trinajstić information content (AvgIpc) is 2.80. The van der Waals surface area contributed by atoms with Crippen LogP contribution in [0.2, 0.25) is 0 Å². The molecule has 0 unspecified atom stereocenters. The maximum absolute atomic E-state index is 10.3. The molecule has 0 aliphatic heterocycles. The molecule has 21 heavy (non-hydrogen) atoms. The van der Waals surface area contributed by atoms with Crippen LogP contribution in [0.5, 0.6) is 5.75 Å². The summed E-state index contributed by atoms with van der Waals surface area (Å²) in [6.45, 7) is 8.23. The van der Waals surface area contributed by atoms with Gasteiger partial charge in [-0.3, -0.25) is 0 Å². The van der Waals surface area contributed by atoms with Crippen molar-refractivity contribution in [3.05, 3.63) is 45.4 Å². The summed E-state index contributed by atoms with van der Waals surface area (Å²) in [6.07, 6.45) is 1.91. The van der Waals surface area contributed by atoms with Crippen molar-refractivity contribution in [3.63, 3.8) is 0 Å². The molecule has 2 rings (SSSR count). The number of aryl methyl sites for hydroxylation is 2. The number of aromatic nitrogens is 1. The van der Waals surface area contributed by atoms with Crippen LogP contribution in [0.25, 0.3) is 0 Å². The van der Waals surface area contributed by atoms with Gasteiger partial charge in [0, 0.05) is 0 Å². The largest absolute Gasteiger partial charge is 0.486 e. The minimum Gasteiger partial charge on any atom is -0.486 e. The van der Waals surface area contributed by atoms with E-state index in [1.165, 1.54) is 5.56 Å². The van der Waals surface area contributed by atoms with Crippen LogP contribution < -0.4 is 4.74 Å². The topological polar surface area (TPSA) is 42.4 Å². The van der Waals surface area contributed by atoms with Crippen molar-refractivity contribution in [2.45, 2.75) is 52.7 Å². The molecule has 0 amide bonds. The second-order valence-corrected chi connectivity index (χ2v) is 6.88. The Kier molecular flexibility index (Phi) is 5.01. The molecule has 0 radical (unpaired) electrons. The molecular weight excluding hydrogens is 282 g/mol. The number of rotatable bonds is 6. The van der Waals surface area contributed by atoms with Crippen molar-refractivity contribution >= 4 is 11.3 Å². The Morgan fingerprint density at radius 3 is 2.71 bits per heavy atom. The van der Waals surface area contributed by atoms with E-state index in [2.05, 4.69) is 11.9 Å². The summed E-state index contributed by atoms with van der Waals surface area (Å²) in [5.41, 5.74) is 1.33. The normalized spacial score (nSPS) is 11.7. The highest BCUT2D eigenvalue weighted by atomic mass is 32.1. The Hall–Kier alpha value is -1.39. The number of benzene rings is 1. The van der Waals surface area contributed by atoms with E-state index in [1.807, 2.05) is 45.0 Å². The number of hydrogen-bond acceptors (Lipinski definition) is 4. The lowest BCUT2D eigenvalue weighted by atomic mass is 10.0. The van der Waals surface area contributed by atoms with Gasteiger partial charge in [0.25, 0.3) is 0 Å². The fraction of sp³-hybridized carbons (Fsp3) is 0.471. The van der Waals surface area contributed by atoms with Crippen LogP contribution >= 0.6 is 11.3 Å². The molecule has 0 spiro atoms. The Morgan fingerprint density at radius 1 is 1.33 bits per heavy atom. The molecule has 2 aromatic rings. The molecule has 1 aromatic carbocycles. The smallest absolute Gasteiger partial charge is 0.140 e. The third-order valence-electron chi connectivity index (χ3n) is 3.14. The van der Waals surface area contributed by atoms with Gasteiger partial charge < -0.3 is 9.84 Å². The van der Waals surface area contributed by atoms with E-state index in [-0.39, 0.29) is 0 Å². The second kappa shape index (κ2) is 6.58. The number of nitrogens with zero attached hydrogens (tertiary/aromatic N) is 1. The summed E-state index contributed by atoms with van der Waals surface area (Å²) >= 11 is 1.54. The van der Waals surface area contributed by atoms with Crippen molar-refractivity contribution in [2.24, 2.45) is 0 Å². The first kappa shape index (κ1) is 16.0. The fourth-order valence-corrected chi connectivity index (χ4v) is 3.22. The molecule has 1 aromatic heterocycles. The lowest BCUT2D eigenvalue weighted by molar-refractivity contribution is 0.0813. The zero-order valence-electron chi connectivity index (χ0n) is 13.1. The third kappa shape index (κ3) is 4.29. The van der Waals surface area contributed by atoms with Gasteiger partial charge in [-0.05, 0) is 44.9 Å². The number of ether oxygens (including phenoxy) is 1. The number of hydrogen-bond donors (Lipinski definition) is 1. The first-order chi connectivity index (χ1) is 9.90. The third-order valence-corrected chi connectivity index (χ3v) is 4.52. The molecule has 0 bridgehead atoms. The zero-order valence-corrected chi connectivity index (χ0v) is 14.0. The van der Waals surface area contributed by atoms with E-state index >= 15 is 0 Å². The molecule has 0 saturated heterocycles. The van der Waals surface area contributed by atoms with Crippen molar-refractivity contribution in [1.29, 1.82) is 0 Å². The highest BCUT2D eigenvalue weighted by Crippen LogP contribution is 2.31. The lowest BCUT2D eigenvalue weighted by Crippen LogP contribution is -2.15. The van der Waals surface area contributed by atoms with Crippen LogP contribution in [0.1, 0.15) is 48.3 Å². The van der Waals surface area contributed by atoms with Gasteiger partial charge in [-0.2, -0.15) is 0 Å². The predicted octanol–water partition coefficient (Wildman–Crippen LogP) is 4.21. The standard InChI is InChI=1S/C17H23NO2S/c1-5-7-14-16(17(3,4)19)21-15(18-14)11-20-13-9-6-8-12(2)10-13/h6,8-10,19H,5,7,11H2,1-4H3. The summed E-state index contributed by atoms with van der Waals surface area (Å²) in [7, 11) is 0. The molecule has 0 aliphatic carbocycles. The molecule has 114 valence electrons. The van der Waals surface area contributed by atoms with Crippen molar-refractivity contribution in [2.75, 3.05) is 0 Å². The molecule has 0 atom stereocenters. The van der Waals surface area contributed by atoms with Crippen molar-refractivity contribution < 1.29 is 9.84 Å². The zero-order chi connectivity index (χ0) is 15.5. The second-order valence-electron chi connectivity index (χ2n) is 5.80. The van der Waals surface area contributed by atoms with Gasteiger partial charge in [0.05, 0.1) is 16.2 Å². The van der Waals surface area contributed by atoms with Crippen LogP contribution in [-0.2, 0) is 18.6 Å². The maximum Gasteiger partial charge on any atom is 0.140 e. The Morgan fingerprint density at radius 2 is 2.10 bits per heavy atom. The van der Waals surface area contributed by atoms with Gasteiger partial charge in [0.15, 0.2) is 0 Å². The number of aliphatic hydroxyl groups is 1. The highest BCUT2D eigenvalue weighted by molar-refractivity contribution is 7.11. The Labute approximate surface area is 130 Å². The maximum atomic E-state index is 10.3. The van der Waals surface area contributed by atoms with Gasteiger partial charge in [-0.25, -0.2) is 4.98 Å². The van der Waals surface area contributed by atoms with Crippen molar-refractivity contribution in [3.8, 4) is 5.75 Å². The summed E-state index contributed by atoms with van der Waals surface area (Å²) in [5.74, 6) is 0.854. The minimum absolute atomic E-state index is 0.445. The highest BCUT2D eigenvalue weighted by Gasteiger charge is 2.24. The van der Waals surface area contributed by atoms with Crippen LogP contribution in [0.4, 0.5) is 0 Å². The quantitative estimate of drug-likeness (QED) is 0.869. The van der Waals surface area contributed by atoms with Gasteiger partial charge in [0.1, 0.15) is 17.4 Å². The van der Waals surface area contributed by atoms with Crippen LogP contribution in [0.15, 0.2) is 24.3 Å². The van der Waals surface area contributed by atoms with E-state index in [9.17, 15) is 5.11 Å². The van der Waals surface area contributed by atoms with E-state index in [0.717, 1.165) is 34.2 Å². The molecule has 0 saturated carbocycles. The van der Waals surface area contributed by atoms with Crippen LogP contribution in [-0.4, -0.2) is 10.1 Å². The first-order valence-electron chi connectivity index (χ1n) is 7.31. The van der Waals surface area contributed by atoms with Crippen LogP contribution in [0.3, 0.4) is 0 Å².